The van der Waals surface area contributed by atoms with Gasteiger partial charge in [0.25, 0.3) is 5.95 Å². The Morgan fingerprint density at radius 1 is 1.38 bits per heavy atom. The Hall–Kier alpha value is -2.08. The van der Waals surface area contributed by atoms with E-state index in [9.17, 15) is 4.79 Å². The van der Waals surface area contributed by atoms with Crippen LogP contribution in [-0.2, 0) is 4.79 Å². The number of carbonyl (C=O) groups is 1. The van der Waals surface area contributed by atoms with Crippen LogP contribution in [0.1, 0.15) is 50.3 Å². The summed E-state index contributed by atoms with van der Waals surface area (Å²) in [6.07, 6.45) is 6.44. The fraction of sp³-hybridized carbons (Fsp3) is 0.769. The van der Waals surface area contributed by atoms with Gasteiger partial charge in [0.1, 0.15) is 5.82 Å². The molecule has 1 aliphatic carbocycles. The van der Waals surface area contributed by atoms with E-state index >= 15 is 0 Å². The zero-order valence-electron chi connectivity index (χ0n) is 11.9. The van der Waals surface area contributed by atoms with Crippen LogP contribution >= 0.6 is 0 Å². The fourth-order valence-corrected chi connectivity index (χ4v) is 3.19. The third-order valence-corrected chi connectivity index (χ3v) is 4.33. The summed E-state index contributed by atoms with van der Waals surface area (Å²) in [4.78, 5) is 20.9. The summed E-state index contributed by atoms with van der Waals surface area (Å²) in [5, 5.41) is 10.7. The van der Waals surface area contributed by atoms with Crippen LogP contribution in [0.15, 0.2) is 5.11 Å². The van der Waals surface area contributed by atoms with Crippen molar-refractivity contribution in [2.24, 2.45) is 11.0 Å². The van der Waals surface area contributed by atoms with Gasteiger partial charge in [0.05, 0.1) is 0 Å². The van der Waals surface area contributed by atoms with Crippen LogP contribution in [0.4, 0.5) is 5.95 Å². The molecule has 8 heteroatoms. The zero-order valence-corrected chi connectivity index (χ0v) is 11.9. The van der Waals surface area contributed by atoms with Crippen molar-refractivity contribution in [1.82, 2.24) is 15.2 Å². The Morgan fingerprint density at radius 2 is 2.19 bits per heavy atom. The molecule has 0 aromatic carbocycles. The third kappa shape index (κ3) is 3.00. The number of azide groups is 1. The molecule has 8 nitrogen and oxygen atoms in total. The average Bonchev–Trinajstić information content (AvgIpc) is 3.12. The van der Waals surface area contributed by atoms with E-state index in [1.54, 1.807) is 4.90 Å². The molecule has 1 aromatic heterocycles. The molecule has 21 heavy (non-hydrogen) atoms. The van der Waals surface area contributed by atoms with Gasteiger partial charge in [-0.25, -0.2) is 0 Å². The highest BCUT2D eigenvalue weighted by Gasteiger charge is 2.33. The second-order valence-corrected chi connectivity index (χ2v) is 5.84. The SMILES string of the molecule is [N-]=[N+]=NCC1CC(=O)N(c2n[nH]c(C3CCCCC3)n2)C1. The molecule has 2 heterocycles. The topological polar surface area (TPSA) is 111 Å². The first-order chi connectivity index (χ1) is 10.3. The van der Waals surface area contributed by atoms with Crippen molar-refractivity contribution < 1.29 is 4.79 Å². The second-order valence-electron chi connectivity index (χ2n) is 5.84. The van der Waals surface area contributed by atoms with E-state index in [1.807, 2.05) is 0 Å². The molecule has 1 aromatic rings. The van der Waals surface area contributed by atoms with Gasteiger partial charge in [-0.05, 0) is 24.3 Å². The molecule has 0 bridgehead atoms. The van der Waals surface area contributed by atoms with E-state index < -0.39 is 0 Å². The maximum atomic E-state index is 12.0. The Kier molecular flexibility index (Phi) is 4.06. The van der Waals surface area contributed by atoms with E-state index in [0.29, 0.717) is 31.4 Å². The molecular formula is C13H19N7O. The van der Waals surface area contributed by atoms with Gasteiger partial charge in [0, 0.05) is 30.3 Å². The number of aromatic nitrogens is 3. The molecule has 1 amide bonds. The van der Waals surface area contributed by atoms with Gasteiger partial charge >= 0.3 is 0 Å². The number of nitrogens with zero attached hydrogens (tertiary/aromatic N) is 6. The molecule has 1 atom stereocenters. The number of hydrogen-bond donors (Lipinski definition) is 1. The summed E-state index contributed by atoms with van der Waals surface area (Å²) in [6.45, 7) is 0.873. The van der Waals surface area contributed by atoms with Gasteiger partial charge < -0.3 is 0 Å². The van der Waals surface area contributed by atoms with Crippen LogP contribution in [0.25, 0.3) is 10.4 Å². The lowest BCUT2D eigenvalue weighted by molar-refractivity contribution is -0.117. The number of aromatic amines is 1. The largest absolute Gasteiger partial charge is 0.279 e. The highest BCUT2D eigenvalue weighted by atomic mass is 16.2. The number of H-pyrrole nitrogens is 1. The van der Waals surface area contributed by atoms with Crippen molar-refractivity contribution in [2.45, 2.75) is 44.4 Å². The lowest BCUT2D eigenvalue weighted by Crippen LogP contribution is -2.26. The standard InChI is InChI=1S/C13H19N7O/c14-19-15-7-9-6-11(21)20(8-9)13-16-12(17-18-13)10-4-2-1-3-5-10/h9-10H,1-8H2,(H,16,17,18). The smallest absolute Gasteiger partial charge is 0.251 e. The first-order valence-electron chi connectivity index (χ1n) is 7.51. The number of amides is 1. The molecule has 1 N–H and O–H groups in total. The highest BCUT2D eigenvalue weighted by molar-refractivity contribution is 5.94. The Balaban J connectivity index is 1.68. The molecule has 0 spiro atoms. The highest BCUT2D eigenvalue weighted by Crippen LogP contribution is 2.31. The minimum atomic E-state index is 0.00216. The van der Waals surface area contributed by atoms with Crippen molar-refractivity contribution in [1.29, 1.82) is 0 Å². The molecule has 1 unspecified atom stereocenters. The lowest BCUT2D eigenvalue weighted by Gasteiger charge is -2.18. The fourth-order valence-electron chi connectivity index (χ4n) is 3.19. The zero-order chi connectivity index (χ0) is 14.7. The summed E-state index contributed by atoms with van der Waals surface area (Å²) < 4.78 is 0. The van der Waals surface area contributed by atoms with E-state index in [4.69, 9.17) is 5.53 Å². The van der Waals surface area contributed by atoms with Gasteiger partial charge in [0.2, 0.25) is 5.91 Å². The van der Waals surface area contributed by atoms with Gasteiger partial charge in [-0.3, -0.25) is 14.8 Å². The summed E-state index contributed by atoms with van der Waals surface area (Å²) in [6, 6.07) is 0. The number of anilines is 1. The predicted molar refractivity (Wildman–Crippen MR) is 76.7 cm³/mol. The van der Waals surface area contributed by atoms with E-state index in [-0.39, 0.29) is 11.8 Å². The van der Waals surface area contributed by atoms with Crippen LogP contribution in [0.3, 0.4) is 0 Å². The van der Waals surface area contributed by atoms with Gasteiger partial charge in [-0.1, -0.05) is 24.4 Å². The van der Waals surface area contributed by atoms with Crippen LogP contribution in [0.2, 0.25) is 0 Å². The maximum absolute atomic E-state index is 12.0. The van der Waals surface area contributed by atoms with Crippen LogP contribution in [0.5, 0.6) is 0 Å². The van der Waals surface area contributed by atoms with E-state index in [2.05, 4.69) is 25.2 Å². The van der Waals surface area contributed by atoms with Gasteiger partial charge in [-0.2, -0.15) is 4.98 Å². The van der Waals surface area contributed by atoms with Crippen molar-refractivity contribution in [3.8, 4) is 0 Å². The summed E-state index contributed by atoms with van der Waals surface area (Å²) in [5.74, 6) is 1.86. The summed E-state index contributed by atoms with van der Waals surface area (Å²) in [5.41, 5.74) is 8.35. The Morgan fingerprint density at radius 3 is 2.95 bits per heavy atom. The van der Waals surface area contributed by atoms with Crippen molar-refractivity contribution in [2.75, 3.05) is 18.0 Å². The van der Waals surface area contributed by atoms with Crippen molar-refractivity contribution in [3.63, 3.8) is 0 Å². The summed E-state index contributed by atoms with van der Waals surface area (Å²) in [7, 11) is 0. The van der Waals surface area contributed by atoms with Gasteiger partial charge in [-0.15, -0.1) is 5.10 Å². The molecule has 1 saturated heterocycles. The molecule has 2 aliphatic rings. The molecule has 112 valence electrons. The van der Waals surface area contributed by atoms with Gasteiger partial charge in [0.15, 0.2) is 0 Å². The normalized spacial score (nSPS) is 23.3. The van der Waals surface area contributed by atoms with E-state index in [0.717, 1.165) is 18.7 Å². The summed E-state index contributed by atoms with van der Waals surface area (Å²) >= 11 is 0. The lowest BCUT2D eigenvalue weighted by atomic mass is 9.89. The number of hydrogen-bond acceptors (Lipinski definition) is 4. The monoisotopic (exact) mass is 289 g/mol. The first kappa shape index (κ1) is 13.9. The minimum absolute atomic E-state index is 0.00216. The van der Waals surface area contributed by atoms with Crippen LogP contribution in [-0.4, -0.2) is 34.2 Å². The van der Waals surface area contributed by atoms with Crippen LogP contribution in [0, 0.1) is 5.92 Å². The minimum Gasteiger partial charge on any atom is -0.279 e. The number of carbonyl (C=O) groups excluding carboxylic acids is 1. The molecule has 3 rings (SSSR count). The van der Waals surface area contributed by atoms with E-state index in [1.165, 1.54) is 19.3 Å². The second kappa shape index (κ2) is 6.13. The molecular weight excluding hydrogens is 270 g/mol. The number of nitrogens with one attached hydrogen (secondary N) is 1. The molecule has 2 fully saturated rings. The Bertz CT molecular complexity index is 557. The average molecular weight is 289 g/mol. The number of rotatable bonds is 4. The quantitative estimate of drug-likeness (QED) is 0.522. The maximum Gasteiger partial charge on any atom is 0.251 e. The third-order valence-electron chi connectivity index (χ3n) is 4.33. The Labute approximate surface area is 122 Å². The molecule has 0 radical (unpaired) electrons. The van der Waals surface area contributed by atoms with Crippen molar-refractivity contribution >= 4 is 11.9 Å². The van der Waals surface area contributed by atoms with Crippen molar-refractivity contribution in [3.05, 3.63) is 16.3 Å². The first-order valence-corrected chi connectivity index (χ1v) is 7.51. The predicted octanol–water partition coefficient (Wildman–Crippen LogP) is 2.52. The molecule has 1 saturated carbocycles. The molecule has 1 aliphatic heterocycles. The van der Waals surface area contributed by atoms with Crippen LogP contribution < -0.4 is 4.90 Å².